The number of hydrogen-bond acceptors (Lipinski definition) is 1. The molecule has 0 aliphatic rings. The molecule has 1 aromatic rings. The molecule has 14 heavy (non-hydrogen) atoms. The quantitative estimate of drug-likeness (QED) is 0.771. The molecular weight excluding hydrogens is 172 g/mol. The minimum Gasteiger partial charge on any atom is -0.508 e. The number of rotatable bonds is 4. The predicted octanol–water partition coefficient (Wildman–Crippen LogP) is 3.68. The van der Waals surface area contributed by atoms with Gasteiger partial charge in [-0.2, -0.15) is 0 Å². The van der Waals surface area contributed by atoms with Crippen LogP contribution in [0.25, 0.3) is 0 Å². The van der Waals surface area contributed by atoms with E-state index in [1.54, 1.807) is 6.07 Å². The second kappa shape index (κ2) is 5.04. The number of aryl methyl sites for hydroxylation is 2. The molecule has 0 radical (unpaired) electrons. The minimum atomic E-state index is 0.401. The van der Waals surface area contributed by atoms with Crippen LogP contribution in [0.5, 0.6) is 5.75 Å². The Kier molecular flexibility index (Phi) is 3.99. The van der Waals surface area contributed by atoms with E-state index in [0.29, 0.717) is 5.75 Å². The van der Waals surface area contributed by atoms with Crippen molar-refractivity contribution in [2.75, 3.05) is 0 Å². The average Bonchev–Trinajstić information content (AvgIpc) is 2.10. The molecule has 0 saturated heterocycles. The Labute approximate surface area is 86.8 Å². The van der Waals surface area contributed by atoms with Crippen molar-refractivity contribution in [2.45, 2.75) is 40.0 Å². The summed E-state index contributed by atoms with van der Waals surface area (Å²) >= 11 is 0. The summed E-state index contributed by atoms with van der Waals surface area (Å²) in [5.41, 5.74) is 2.31. The van der Waals surface area contributed by atoms with Crippen LogP contribution in [0.2, 0.25) is 0 Å². The van der Waals surface area contributed by atoms with Crippen LogP contribution < -0.4 is 0 Å². The highest BCUT2D eigenvalue weighted by atomic mass is 16.3. The van der Waals surface area contributed by atoms with E-state index in [1.165, 1.54) is 18.4 Å². The number of phenols is 1. The summed E-state index contributed by atoms with van der Waals surface area (Å²) in [6, 6.07) is 5.89. The molecule has 78 valence electrons. The fraction of sp³-hybridized carbons (Fsp3) is 0.538. The minimum absolute atomic E-state index is 0.401. The van der Waals surface area contributed by atoms with Crippen molar-refractivity contribution in [3.8, 4) is 5.75 Å². The van der Waals surface area contributed by atoms with Crippen LogP contribution in [0.15, 0.2) is 18.2 Å². The van der Waals surface area contributed by atoms with Gasteiger partial charge in [-0.15, -0.1) is 0 Å². The van der Waals surface area contributed by atoms with E-state index in [9.17, 15) is 5.11 Å². The lowest BCUT2D eigenvalue weighted by atomic mass is 10.0. The maximum absolute atomic E-state index is 9.36. The van der Waals surface area contributed by atoms with Crippen molar-refractivity contribution >= 4 is 0 Å². The van der Waals surface area contributed by atoms with E-state index in [1.807, 2.05) is 13.0 Å². The Morgan fingerprint density at radius 1 is 1.29 bits per heavy atom. The van der Waals surface area contributed by atoms with E-state index in [2.05, 4.69) is 19.9 Å². The highest BCUT2D eigenvalue weighted by Gasteiger charge is 1.99. The molecule has 1 nitrogen and oxygen atoms in total. The largest absolute Gasteiger partial charge is 0.508 e. The maximum Gasteiger partial charge on any atom is 0.118 e. The molecule has 0 spiro atoms. The highest BCUT2D eigenvalue weighted by molar-refractivity contribution is 5.34. The van der Waals surface area contributed by atoms with Gasteiger partial charge in [0.25, 0.3) is 0 Å². The summed E-state index contributed by atoms with van der Waals surface area (Å²) in [6.07, 6.45) is 3.64. The molecule has 0 amide bonds. The SMILES string of the molecule is Cc1cc(CCCC(C)C)ccc1O. The van der Waals surface area contributed by atoms with Gasteiger partial charge in [-0.1, -0.05) is 32.4 Å². The molecule has 0 aliphatic heterocycles. The summed E-state index contributed by atoms with van der Waals surface area (Å²) in [7, 11) is 0. The fourth-order valence-electron chi connectivity index (χ4n) is 1.59. The van der Waals surface area contributed by atoms with Gasteiger partial charge in [0, 0.05) is 0 Å². The number of hydrogen-bond donors (Lipinski definition) is 1. The van der Waals surface area contributed by atoms with Crippen molar-refractivity contribution in [3.05, 3.63) is 29.3 Å². The lowest BCUT2D eigenvalue weighted by Gasteiger charge is -2.06. The monoisotopic (exact) mass is 192 g/mol. The molecule has 1 N–H and O–H groups in total. The number of benzene rings is 1. The fourth-order valence-corrected chi connectivity index (χ4v) is 1.59. The zero-order chi connectivity index (χ0) is 10.6. The summed E-state index contributed by atoms with van der Waals surface area (Å²) in [6.45, 7) is 6.45. The highest BCUT2D eigenvalue weighted by Crippen LogP contribution is 2.18. The standard InChI is InChI=1S/C13H20O/c1-10(2)5-4-6-12-7-8-13(14)11(3)9-12/h7-10,14H,4-6H2,1-3H3. The average molecular weight is 192 g/mol. The molecule has 0 atom stereocenters. The first kappa shape index (κ1) is 11.1. The molecule has 1 heteroatoms. The van der Waals surface area contributed by atoms with Crippen LogP contribution in [-0.2, 0) is 6.42 Å². The van der Waals surface area contributed by atoms with Gasteiger partial charge in [0.1, 0.15) is 5.75 Å². The molecule has 1 rings (SSSR count). The topological polar surface area (TPSA) is 20.2 Å². The first-order chi connectivity index (χ1) is 6.59. The Bertz CT molecular complexity index is 289. The Balaban J connectivity index is 2.47. The van der Waals surface area contributed by atoms with Gasteiger partial charge in [0.05, 0.1) is 0 Å². The second-order valence-electron chi connectivity index (χ2n) is 4.41. The van der Waals surface area contributed by atoms with Crippen molar-refractivity contribution in [2.24, 2.45) is 5.92 Å². The molecule has 0 fully saturated rings. The molecule has 0 heterocycles. The zero-order valence-corrected chi connectivity index (χ0v) is 9.38. The van der Waals surface area contributed by atoms with Crippen molar-refractivity contribution < 1.29 is 5.11 Å². The van der Waals surface area contributed by atoms with Gasteiger partial charge in [-0.3, -0.25) is 0 Å². The predicted molar refractivity (Wildman–Crippen MR) is 60.6 cm³/mol. The molecule has 1 aromatic carbocycles. The Morgan fingerprint density at radius 2 is 2.00 bits per heavy atom. The van der Waals surface area contributed by atoms with Gasteiger partial charge in [0.2, 0.25) is 0 Å². The van der Waals surface area contributed by atoms with Gasteiger partial charge >= 0.3 is 0 Å². The van der Waals surface area contributed by atoms with Crippen LogP contribution in [0.3, 0.4) is 0 Å². The van der Waals surface area contributed by atoms with Crippen LogP contribution in [0, 0.1) is 12.8 Å². The summed E-state index contributed by atoms with van der Waals surface area (Å²) in [5, 5.41) is 9.36. The van der Waals surface area contributed by atoms with Crippen molar-refractivity contribution in [1.82, 2.24) is 0 Å². The van der Waals surface area contributed by atoms with Crippen LogP contribution in [0.1, 0.15) is 37.8 Å². The lowest BCUT2D eigenvalue weighted by Crippen LogP contribution is -1.91. The summed E-state index contributed by atoms with van der Waals surface area (Å²) in [4.78, 5) is 0. The molecule has 0 aliphatic carbocycles. The molecule has 0 bridgehead atoms. The van der Waals surface area contributed by atoms with Gasteiger partial charge in [-0.05, 0) is 42.9 Å². The van der Waals surface area contributed by atoms with Crippen molar-refractivity contribution in [1.29, 1.82) is 0 Å². The Morgan fingerprint density at radius 3 is 2.57 bits per heavy atom. The van der Waals surface area contributed by atoms with Gasteiger partial charge < -0.3 is 5.11 Å². The Hall–Kier alpha value is -0.980. The van der Waals surface area contributed by atoms with E-state index in [4.69, 9.17) is 0 Å². The third-order valence-corrected chi connectivity index (χ3v) is 2.51. The first-order valence-electron chi connectivity index (χ1n) is 5.38. The number of aromatic hydroxyl groups is 1. The zero-order valence-electron chi connectivity index (χ0n) is 9.38. The van der Waals surface area contributed by atoms with Gasteiger partial charge in [-0.25, -0.2) is 0 Å². The smallest absolute Gasteiger partial charge is 0.118 e. The number of phenolic OH excluding ortho intramolecular Hbond substituents is 1. The molecule has 0 unspecified atom stereocenters. The molecule has 0 saturated carbocycles. The third kappa shape index (κ3) is 3.41. The van der Waals surface area contributed by atoms with Gasteiger partial charge in [0.15, 0.2) is 0 Å². The lowest BCUT2D eigenvalue weighted by molar-refractivity contribution is 0.470. The second-order valence-corrected chi connectivity index (χ2v) is 4.41. The first-order valence-corrected chi connectivity index (χ1v) is 5.38. The van der Waals surface area contributed by atoms with E-state index in [-0.39, 0.29) is 0 Å². The van der Waals surface area contributed by atoms with Crippen LogP contribution in [0.4, 0.5) is 0 Å². The summed E-state index contributed by atoms with van der Waals surface area (Å²) < 4.78 is 0. The van der Waals surface area contributed by atoms with E-state index in [0.717, 1.165) is 17.9 Å². The van der Waals surface area contributed by atoms with Crippen LogP contribution >= 0.6 is 0 Å². The molecule has 0 aromatic heterocycles. The normalized spacial score (nSPS) is 10.9. The summed E-state index contributed by atoms with van der Waals surface area (Å²) in [5.74, 6) is 1.19. The van der Waals surface area contributed by atoms with E-state index < -0.39 is 0 Å². The molecular formula is C13H20O. The maximum atomic E-state index is 9.36. The van der Waals surface area contributed by atoms with Crippen LogP contribution in [-0.4, -0.2) is 5.11 Å². The van der Waals surface area contributed by atoms with E-state index >= 15 is 0 Å². The third-order valence-electron chi connectivity index (χ3n) is 2.51. The van der Waals surface area contributed by atoms with Crippen molar-refractivity contribution in [3.63, 3.8) is 0 Å².